The number of hydrogen-bond donors (Lipinski definition) is 1. The summed E-state index contributed by atoms with van der Waals surface area (Å²) in [5.41, 5.74) is 1.22. The van der Waals surface area contributed by atoms with Gasteiger partial charge in [-0.2, -0.15) is 0 Å². The molecule has 0 aliphatic carbocycles. The van der Waals surface area contributed by atoms with Crippen molar-refractivity contribution in [2.24, 2.45) is 5.92 Å². The minimum absolute atomic E-state index is 0.515. The zero-order chi connectivity index (χ0) is 12.3. The molecule has 0 spiro atoms. The highest BCUT2D eigenvalue weighted by Crippen LogP contribution is 2.21. The van der Waals surface area contributed by atoms with Crippen LogP contribution in [0.2, 0.25) is 0 Å². The SMILES string of the molecule is CCC(C)C(C)Nc1ccc2ccccc2c1. The Balaban J connectivity index is 2.19. The molecule has 0 aliphatic rings. The van der Waals surface area contributed by atoms with Gasteiger partial charge in [-0.25, -0.2) is 0 Å². The van der Waals surface area contributed by atoms with Crippen LogP contribution in [-0.2, 0) is 0 Å². The largest absolute Gasteiger partial charge is 0.382 e. The molecule has 0 radical (unpaired) electrons. The fourth-order valence-corrected chi connectivity index (χ4v) is 2.04. The van der Waals surface area contributed by atoms with Crippen molar-refractivity contribution in [2.75, 3.05) is 5.32 Å². The molecule has 2 aromatic carbocycles. The molecule has 2 unspecified atom stereocenters. The van der Waals surface area contributed by atoms with Crippen molar-refractivity contribution in [2.45, 2.75) is 33.2 Å². The molecular formula is C16H21N. The van der Waals surface area contributed by atoms with Crippen LogP contribution in [0.5, 0.6) is 0 Å². The summed E-state index contributed by atoms with van der Waals surface area (Å²) in [7, 11) is 0. The monoisotopic (exact) mass is 227 g/mol. The maximum absolute atomic E-state index is 3.58. The third-order valence-electron chi connectivity index (χ3n) is 3.64. The van der Waals surface area contributed by atoms with Crippen LogP contribution in [-0.4, -0.2) is 6.04 Å². The molecule has 0 amide bonds. The van der Waals surface area contributed by atoms with Crippen molar-refractivity contribution >= 4 is 16.5 Å². The highest BCUT2D eigenvalue weighted by Gasteiger charge is 2.09. The van der Waals surface area contributed by atoms with Crippen molar-refractivity contribution in [1.29, 1.82) is 0 Å². The van der Waals surface area contributed by atoms with Crippen LogP contribution in [0, 0.1) is 5.92 Å². The zero-order valence-electron chi connectivity index (χ0n) is 10.9. The second kappa shape index (κ2) is 5.22. The number of rotatable bonds is 4. The second-order valence-electron chi connectivity index (χ2n) is 4.88. The first-order valence-corrected chi connectivity index (χ1v) is 6.46. The quantitative estimate of drug-likeness (QED) is 0.799. The Hall–Kier alpha value is -1.50. The lowest BCUT2D eigenvalue weighted by molar-refractivity contribution is 0.495. The highest BCUT2D eigenvalue weighted by molar-refractivity contribution is 5.85. The molecule has 0 saturated carbocycles. The van der Waals surface area contributed by atoms with Crippen molar-refractivity contribution in [3.8, 4) is 0 Å². The van der Waals surface area contributed by atoms with Gasteiger partial charge in [0.05, 0.1) is 0 Å². The Morgan fingerprint density at radius 1 is 1.00 bits per heavy atom. The number of hydrogen-bond acceptors (Lipinski definition) is 1. The van der Waals surface area contributed by atoms with Crippen molar-refractivity contribution in [1.82, 2.24) is 0 Å². The lowest BCUT2D eigenvalue weighted by Crippen LogP contribution is -2.23. The number of nitrogens with one attached hydrogen (secondary N) is 1. The van der Waals surface area contributed by atoms with Crippen molar-refractivity contribution in [3.05, 3.63) is 42.5 Å². The minimum Gasteiger partial charge on any atom is -0.382 e. The van der Waals surface area contributed by atoms with E-state index in [4.69, 9.17) is 0 Å². The third-order valence-corrected chi connectivity index (χ3v) is 3.64. The molecule has 2 atom stereocenters. The summed E-state index contributed by atoms with van der Waals surface area (Å²) in [6.45, 7) is 6.78. The molecule has 2 rings (SSSR count). The Labute approximate surface area is 104 Å². The average molecular weight is 227 g/mol. The van der Waals surface area contributed by atoms with E-state index in [0.29, 0.717) is 12.0 Å². The van der Waals surface area contributed by atoms with Gasteiger partial charge >= 0.3 is 0 Å². The van der Waals surface area contributed by atoms with E-state index in [-0.39, 0.29) is 0 Å². The van der Waals surface area contributed by atoms with Crippen LogP contribution in [0.25, 0.3) is 10.8 Å². The van der Waals surface area contributed by atoms with Crippen molar-refractivity contribution < 1.29 is 0 Å². The molecule has 0 bridgehead atoms. The lowest BCUT2D eigenvalue weighted by atomic mass is 10.0. The van der Waals surface area contributed by atoms with Crippen LogP contribution in [0.15, 0.2) is 42.5 Å². The van der Waals surface area contributed by atoms with Gasteiger partial charge in [-0.3, -0.25) is 0 Å². The van der Waals surface area contributed by atoms with Crippen LogP contribution in [0.1, 0.15) is 27.2 Å². The zero-order valence-corrected chi connectivity index (χ0v) is 10.9. The fraction of sp³-hybridized carbons (Fsp3) is 0.375. The average Bonchev–Trinajstić information content (AvgIpc) is 2.37. The van der Waals surface area contributed by atoms with Crippen LogP contribution < -0.4 is 5.32 Å². The summed E-state index contributed by atoms with van der Waals surface area (Å²) in [6.07, 6.45) is 1.21. The molecule has 2 aromatic rings. The predicted octanol–water partition coefficient (Wildman–Crippen LogP) is 4.69. The Kier molecular flexibility index (Phi) is 3.68. The number of fused-ring (bicyclic) bond motifs is 1. The van der Waals surface area contributed by atoms with E-state index < -0.39 is 0 Å². The van der Waals surface area contributed by atoms with Crippen LogP contribution in [0.4, 0.5) is 5.69 Å². The Morgan fingerprint density at radius 2 is 1.71 bits per heavy atom. The Bertz CT molecular complexity index is 490. The standard InChI is InChI=1S/C16H21N/c1-4-12(2)13(3)17-16-10-9-14-7-5-6-8-15(14)11-16/h5-13,17H,4H2,1-3H3. The van der Waals surface area contributed by atoms with E-state index in [1.54, 1.807) is 0 Å². The van der Waals surface area contributed by atoms with E-state index in [1.165, 1.54) is 22.9 Å². The Morgan fingerprint density at radius 3 is 2.41 bits per heavy atom. The molecule has 0 saturated heterocycles. The first-order valence-electron chi connectivity index (χ1n) is 6.46. The van der Waals surface area contributed by atoms with Gasteiger partial charge in [0.2, 0.25) is 0 Å². The summed E-state index contributed by atoms with van der Waals surface area (Å²) in [5, 5.41) is 6.18. The number of anilines is 1. The van der Waals surface area contributed by atoms with Gasteiger partial charge in [0.25, 0.3) is 0 Å². The summed E-state index contributed by atoms with van der Waals surface area (Å²) in [6, 6.07) is 15.6. The summed E-state index contributed by atoms with van der Waals surface area (Å²) >= 11 is 0. The van der Waals surface area contributed by atoms with Gasteiger partial charge in [-0.15, -0.1) is 0 Å². The van der Waals surface area contributed by atoms with Gasteiger partial charge in [-0.05, 0) is 35.7 Å². The molecule has 1 nitrogen and oxygen atoms in total. The molecule has 90 valence electrons. The molecule has 0 heterocycles. The summed E-state index contributed by atoms with van der Waals surface area (Å²) in [5.74, 6) is 0.696. The smallest absolute Gasteiger partial charge is 0.0348 e. The number of benzene rings is 2. The first kappa shape index (κ1) is 12.0. The topological polar surface area (TPSA) is 12.0 Å². The maximum Gasteiger partial charge on any atom is 0.0348 e. The molecule has 0 aliphatic heterocycles. The van der Waals surface area contributed by atoms with Gasteiger partial charge in [-0.1, -0.05) is 50.6 Å². The van der Waals surface area contributed by atoms with Gasteiger partial charge < -0.3 is 5.32 Å². The van der Waals surface area contributed by atoms with E-state index in [9.17, 15) is 0 Å². The first-order chi connectivity index (χ1) is 8.20. The van der Waals surface area contributed by atoms with E-state index in [2.05, 4.69) is 68.6 Å². The lowest BCUT2D eigenvalue weighted by Gasteiger charge is -2.21. The predicted molar refractivity (Wildman–Crippen MR) is 76.5 cm³/mol. The molecule has 1 heteroatoms. The van der Waals surface area contributed by atoms with Gasteiger partial charge in [0, 0.05) is 11.7 Å². The van der Waals surface area contributed by atoms with E-state index >= 15 is 0 Å². The summed E-state index contributed by atoms with van der Waals surface area (Å²) < 4.78 is 0. The minimum atomic E-state index is 0.515. The maximum atomic E-state index is 3.58. The third kappa shape index (κ3) is 2.79. The fourth-order valence-electron chi connectivity index (χ4n) is 2.04. The molecule has 0 aromatic heterocycles. The second-order valence-corrected chi connectivity index (χ2v) is 4.88. The van der Waals surface area contributed by atoms with E-state index in [0.717, 1.165) is 0 Å². The van der Waals surface area contributed by atoms with Gasteiger partial charge in [0.15, 0.2) is 0 Å². The highest BCUT2D eigenvalue weighted by atomic mass is 14.9. The summed E-state index contributed by atoms with van der Waals surface area (Å²) in [4.78, 5) is 0. The van der Waals surface area contributed by atoms with Gasteiger partial charge in [0.1, 0.15) is 0 Å². The molecular weight excluding hydrogens is 206 g/mol. The van der Waals surface area contributed by atoms with E-state index in [1.807, 2.05) is 0 Å². The van der Waals surface area contributed by atoms with Crippen LogP contribution in [0.3, 0.4) is 0 Å². The molecule has 0 fully saturated rings. The molecule has 17 heavy (non-hydrogen) atoms. The molecule has 1 N–H and O–H groups in total. The normalized spacial score (nSPS) is 14.5. The van der Waals surface area contributed by atoms with Crippen LogP contribution >= 0.6 is 0 Å². The van der Waals surface area contributed by atoms with Crippen molar-refractivity contribution in [3.63, 3.8) is 0 Å².